The SMILES string of the molecule is CC(C)CNC(=O)[C@H](C#N)c1nccn1C. The molecule has 1 aromatic heterocycles. The molecule has 0 radical (unpaired) electrons. The molecule has 0 unspecified atom stereocenters. The fourth-order valence-electron chi connectivity index (χ4n) is 1.30. The zero-order valence-electron chi connectivity index (χ0n) is 9.77. The Morgan fingerprint density at radius 1 is 1.69 bits per heavy atom. The average Bonchev–Trinajstić information content (AvgIpc) is 2.63. The van der Waals surface area contributed by atoms with Crippen LogP contribution in [0.25, 0.3) is 0 Å². The lowest BCUT2D eigenvalue weighted by Crippen LogP contribution is -2.32. The van der Waals surface area contributed by atoms with Crippen LogP contribution in [-0.4, -0.2) is 22.0 Å². The van der Waals surface area contributed by atoms with Crippen molar-refractivity contribution in [1.29, 1.82) is 5.26 Å². The first-order valence-corrected chi connectivity index (χ1v) is 5.20. The summed E-state index contributed by atoms with van der Waals surface area (Å²) in [5.74, 6) is -0.280. The van der Waals surface area contributed by atoms with Crippen molar-refractivity contribution in [2.75, 3.05) is 6.54 Å². The number of carbonyl (C=O) groups is 1. The summed E-state index contributed by atoms with van der Waals surface area (Å²) in [6.07, 6.45) is 3.30. The summed E-state index contributed by atoms with van der Waals surface area (Å²) >= 11 is 0. The lowest BCUT2D eigenvalue weighted by molar-refractivity contribution is -0.121. The molecule has 1 N–H and O–H groups in total. The highest BCUT2D eigenvalue weighted by Gasteiger charge is 2.23. The van der Waals surface area contributed by atoms with Crippen molar-refractivity contribution in [2.45, 2.75) is 19.8 Å². The quantitative estimate of drug-likeness (QED) is 0.815. The van der Waals surface area contributed by atoms with Gasteiger partial charge in [-0.1, -0.05) is 13.8 Å². The van der Waals surface area contributed by atoms with Crippen molar-refractivity contribution in [1.82, 2.24) is 14.9 Å². The first-order valence-electron chi connectivity index (χ1n) is 5.20. The summed E-state index contributed by atoms with van der Waals surface area (Å²) in [6, 6.07) is 1.97. The van der Waals surface area contributed by atoms with Crippen LogP contribution < -0.4 is 5.32 Å². The van der Waals surface area contributed by atoms with Crippen molar-refractivity contribution in [2.24, 2.45) is 13.0 Å². The van der Waals surface area contributed by atoms with Gasteiger partial charge in [0.15, 0.2) is 5.92 Å². The summed E-state index contributed by atoms with van der Waals surface area (Å²) in [5, 5.41) is 11.7. The molecule has 0 saturated heterocycles. The Labute approximate surface area is 95.1 Å². The largest absolute Gasteiger partial charge is 0.354 e. The van der Waals surface area contributed by atoms with Gasteiger partial charge in [-0.05, 0) is 5.92 Å². The number of carbonyl (C=O) groups excluding carboxylic acids is 1. The van der Waals surface area contributed by atoms with Crippen LogP contribution in [-0.2, 0) is 11.8 Å². The minimum atomic E-state index is -0.834. The van der Waals surface area contributed by atoms with E-state index >= 15 is 0 Å². The second-order valence-electron chi connectivity index (χ2n) is 4.10. The van der Waals surface area contributed by atoms with Gasteiger partial charge in [0, 0.05) is 26.0 Å². The Bertz CT molecular complexity index is 402. The first kappa shape index (κ1) is 12.2. The molecule has 0 spiro atoms. The van der Waals surface area contributed by atoms with Crippen LogP contribution in [0.2, 0.25) is 0 Å². The number of aromatic nitrogens is 2. The van der Waals surface area contributed by atoms with E-state index in [0.717, 1.165) is 0 Å². The second-order valence-corrected chi connectivity index (χ2v) is 4.10. The maximum atomic E-state index is 11.7. The van der Waals surface area contributed by atoms with E-state index in [4.69, 9.17) is 5.26 Å². The van der Waals surface area contributed by atoms with E-state index in [0.29, 0.717) is 18.3 Å². The molecule has 0 aliphatic heterocycles. The standard InChI is InChI=1S/C11H16N4O/c1-8(2)7-14-11(16)9(6-12)10-13-4-5-15(10)3/h4-5,8-9H,7H2,1-3H3,(H,14,16)/t9-/m1/s1. The molecule has 0 bridgehead atoms. The number of nitriles is 1. The van der Waals surface area contributed by atoms with Crippen molar-refractivity contribution < 1.29 is 4.79 Å². The zero-order chi connectivity index (χ0) is 12.1. The van der Waals surface area contributed by atoms with Crippen LogP contribution in [0.15, 0.2) is 12.4 Å². The number of imidazole rings is 1. The normalized spacial score (nSPS) is 12.2. The van der Waals surface area contributed by atoms with E-state index in [9.17, 15) is 4.79 Å². The van der Waals surface area contributed by atoms with Crippen LogP contribution in [0.1, 0.15) is 25.6 Å². The Morgan fingerprint density at radius 3 is 2.81 bits per heavy atom. The van der Waals surface area contributed by atoms with Crippen LogP contribution in [0, 0.1) is 17.2 Å². The number of hydrogen-bond donors (Lipinski definition) is 1. The summed E-state index contributed by atoms with van der Waals surface area (Å²) in [4.78, 5) is 15.8. The average molecular weight is 220 g/mol. The maximum absolute atomic E-state index is 11.7. The highest BCUT2D eigenvalue weighted by atomic mass is 16.1. The number of amides is 1. The predicted octanol–water partition coefficient (Wildman–Crippen LogP) is 0.799. The molecule has 1 aromatic rings. The Morgan fingerprint density at radius 2 is 2.38 bits per heavy atom. The minimum absolute atomic E-state index is 0.287. The fourth-order valence-corrected chi connectivity index (χ4v) is 1.30. The molecule has 0 fully saturated rings. The van der Waals surface area contributed by atoms with Crippen LogP contribution in [0.4, 0.5) is 0 Å². The molecule has 5 heteroatoms. The van der Waals surface area contributed by atoms with Crippen LogP contribution >= 0.6 is 0 Å². The van der Waals surface area contributed by atoms with Crippen molar-refractivity contribution in [3.63, 3.8) is 0 Å². The number of nitrogens with zero attached hydrogens (tertiary/aromatic N) is 3. The third-order valence-corrected chi connectivity index (χ3v) is 2.19. The van der Waals surface area contributed by atoms with Gasteiger partial charge < -0.3 is 9.88 Å². The Hall–Kier alpha value is -1.83. The van der Waals surface area contributed by atoms with Crippen molar-refractivity contribution in [3.8, 4) is 6.07 Å². The highest BCUT2D eigenvalue weighted by Crippen LogP contribution is 2.11. The van der Waals surface area contributed by atoms with Gasteiger partial charge in [-0.3, -0.25) is 4.79 Å². The topological polar surface area (TPSA) is 70.7 Å². The summed E-state index contributed by atoms with van der Waals surface area (Å²) in [7, 11) is 1.77. The monoisotopic (exact) mass is 220 g/mol. The van der Waals surface area contributed by atoms with E-state index in [1.807, 2.05) is 19.9 Å². The van der Waals surface area contributed by atoms with E-state index in [-0.39, 0.29) is 5.91 Å². The number of aryl methyl sites for hydroxylation is 1. The molecule has 1 rings (SSSR count). The summed E-state index contributed by atoms with van der Waals surface area (Å²) < 4.78 is 1.68. The minimum Gasteiger partial charge on any atom is -0.354 e. The molecule has 0 aliphatic rings. The third kappa shape index (κ3) is 2.83. The highest BCUT2D eigenvalue weighted by molar-refractivity contribution is 5.85. The number of rotatable bonds is 4. The van der Waals surface area contributed by atoms with Gasteiger partial charge in [-0.2, -0.15) is 5.26 Å². The predicted molar refractivity (Wildman–Crippen MR) is 59.4 cm³/mol. The third-order valence-electron chi connectivity index (χ3n) is 2.19. The Balaban J connectivity index is 2.73. The lowest BCUT2D eigenvalue weighted by Gasteiger charge is -2.11. The van der Waals surface area contributed by atoms with Crippen LogP contribution in [0.5, 0.6) is 0 Å². The summed E-state index contributed by atoms with van der Waals surface area (Å²) in [5.41, 5.74) is 0. The van der Waals surface area contributed by atoms with E-state index in [2.05, 4.69) is 10.3 Å². The van der Waals surface area contributed by atoms with Crippen LogP contribution in [0.3, 0.4) is 0 Å². The molecule has 86 valence electrons. The fraction of sp³-hybridized carbons (Fsp3) is 0.545. The second kappa shape index (κ2) is 5.31. The van der Waals surface area contributed by atoms with Crippen molar-refractivity contribution >= 4 is 5.91 Å². The van der Waals surface area contributed by atoms with Gasteiger partial charge in [-0.15, -0.1) is 0 Å². The molecule has 1 heterocycles. The molecule has 16 heavy (non-hydrogen) atoms. The lowest BCUT2D eigenvalue weighted by atomic mass is 10.1. The molecule has 1 amide bonds. The van der Waals surface area contributed by atoms with Crippen molar-refractivity contribution in [3.05, 3.63) is 18.2 Å². The van der Waals surface area contributed by atoms with Gasteiger partial charge >= 0.3 is 0 Å². The van der Waals surface area contributed by atoms with Gasteiger partial charge in [0.05, 0.1) is 6.07 Å². The number of hydrogen-bond acceptors (Lipinski definition) is 3. The molecule has 0 aliphatic carbocycles. The molecule has 1 atom stereocenters. The molecule has 0 saturated carbocycles. The molecular formula is C11H16N4O. The smallest absolute Gasteiger partial charge is 0.245 e. The Kier molecular flexibility index (Phi) is 4.06. The molecule has 5 nitrogen and oxygen atoms in total. The zero-order valence-corrected chi connectivity index (χ0v) is 9.77. The maximum Gasteiger partial charge on any atom is 0.245 e. The molecular weight excluding hydrogens is 204 g/mol. The number of nitrogens with one attached hydrogen (secondary N) is 1. The van der Waals surface area contributed by atoms with E-state index in [1.54, 1.807) is 24.0 Å². The van der Waals surface area contributed by atoms with Gasteiger partial charge in [0.2, 0.25) is 5.91 Å². The van der Waals surface area contributed by atoms with Gasteiger partial charge in [0.25, 0.3) is 0 Å². The van der Waals surface area contributed by atoms with Gasteiger partial charge in [-0.25, -0.2) is 4.98 Å². The molecule has 0 aromatic carbocycles. The van der Waals surface area contributed by atoms with E-state index in [1.165, 1.54) is 0 Å². The first-order chi connectivity index (χ1) is 7.56. The summed E-state index contributed by atoms with van der Waals surface area (Å²) in [6.45, 7) is 4.58. The van der Waals surface area contributed by atoms with Gasteiger partial charge in [0.1, 0.15) is 5.82 Å². The van der Waals surface area contributed by atoms with E-state index < -0.39 is 5.92 Å².